The number of aromatic hydroxyl groups is 5. The van der Waals surface area contributed by atoms with Crippen LogP contribution in [0.15, 0.2) is 120 Å². The maximum atomic E-state index is 15.9. The van der Waals surface area contributed by atoms with Gasteiger partial charge in [-0.1, -0.05) is 42.0 Å². The van der Waals surface area contributed by atoms with E-state index in [1.807, 2.05) is 12.1 Å². The predicted octanol–water partition coefficient (Wildman–Crippen LogP) is 6.43. The second-order valence-corrected chi connectivity index (χ2v) is 15.5. The molecule has 6 N–H and O–H groups in total. The second kappa shape index (κ2) is 9.54. The molecule has 52 heavy (non-hydrogen) atoms. The number of phenolic OH excluding ortho intramolecular Hbond substituents is 5. The van der Waals surface area contributed by atoms with Crippen molar-refractivity contribution in [3.63, 3.8) is 0 Å². The zero-order valence-electron chi connectivity index (χ0n) is 27.4. The monoisotopic (exact) mass is 692 g/mol. The van der Waals surface area contributed by atoms with Gasteiger partial charge in [0, 0.05) is 52.6 Å². The van der Waals surface area contributed by atoms with E-state index < -0.39 is 58.5 Å². The summed E-state index contributed by atoms with van der Waals surface area (Å²) in [6, 6.07) is 23.0. The Morgan fingerprint density at radius 2 is 1.19 bits per heavy atom. The molecule has 4 aromatic rings. The lowest BCUT2D eigenvalue weighted by molar-refractivity contribution is -0.137. The molecule has 11 rings (SSSR count). The molecule has 9 heteroatoms. The lowest BCUT2D eigenvalue weighted by Crippen LogP contribution is -2.57. The standard InChI is InChI=1S/C43H32O9/c44-21-7-1-18(2-8-21)32-36-30(50)17-28-35-34-27(14-25(48)16-31(34)52-40(35)20-5-11-23(46)12-6-20)42-37(19-3-9-22(45)10-4-19)39(42)33-26(13-24(47)15-29(33)49)38(32)43(28,42)41(36)51/h1-17,31-32,34-40,44-49H/t31?,32-,34?,35+,36+,37?,38+,39-,40-,42?,43?/m0/s1. The van der Waals surface area contributed by atoms with E-state index in [2.05, 4.69) is 0 Å². The molecule has 1 saturated heterocycles. The zero-order valence-corrected chi connectivity index (χ0v) is 27.4. The van der Waals surface area contributed by atoms with Gasteiger partial charge in [-0.05, 0) is 88.5 Å². The van der Waals surface area contributed by atoms with Crippen molar-refractivity contribution in [2.24, 2.45) is 28.6 Å². The quantitative estimate of drug-likeness (QED) is 0.133. The number of aliphatic hydroxyl groups is 1. The fourth-order valence-electron chi connectivity index (χ4n) is 12.2. The molecule has 2 spiro atoms. The van der Waals surface area contributed by atoms with Crippen LogP contribution in [0.1, 0.15) is 57.6 Å². The molecule has 5 unspecified atom stereocenters. The summed E-state index contributed by atoms with van der Waals surface area (Å²) >= 11 is 0. The first kappa shape index (κ1) is 29.9. The molecule has 6 aliphatic carbocycles. The van der Waals surface area contributed by atoms with Gasteiger partial charge in [0.25, 0.3) is 0 Å². The molecular weight excluding hydrogens is 660 g/mol. The Bertz CT molecular complexity index is 2390. The highest BCUT2D eigenvalue weighted by molar-refractivity contribution is 6.19. The number of Topliss-reactive ketones (excluding diaryl/α,β-unsaturated/α-hetero) is 1. The summed E-state index contributed by atoms with van der Waals surface area (Å²) < 4.78 is 6.84. The molecule has 9 nitrogen and oxygen atoms in total. The van der Waals surface area contributed by atoms with Crippen LogP contribution >= 0.6 is 0 Å². The number of phenols is 5. The van der Waals surface area contributed by atoms with Crippen LogP contribution in [0.25, 0.3) is 0 Å². The van der Waals surface area contributed by atoms with Crippen LogP contribution in [0, 0.1) is 28.6 Å². The minimum absolute atomic E-state index is 0.00379. The predicted molar refractivity (Wildman–Crippen MR) is 185 cm³/mol. The molecule has 1 aliphatic heterocycles. The number of hydrogen-bond acceptors (Lipinski definition) is 9. The summed E-state index contributed by atoms with van der Waals surface area (Å²) in [5.74, 6) is -5.07. The van der Waals surface area contributed by atoms with Gasteiger partial charge in [-0.25, -0.2) is 0 Å². The number of rotatable bonds is 3. The number of ketones is 2. The third-order valence-electron chi connectivity index (χ3n) is 13.6. The van der Waals surface area contributed by atoms with E-state index in [-0.39, 0.29) is 52.0 Å². The Kier molecular flexibility index (Phi) is 5.48. The Morgan fingerprint density at radius 3 is 1.85 bits per heavy atom. The van der Waals surface area contributed by atoms with E-state index in [9.17, 15) is 35.4 Å². The number of carbonyl (C=O) groups is 2. The van der Waals surface area contributed by atoms with Crippen molar-refractivity contribution in [3.05, 3.63) is 148 Å². The average molecular weight is 693 g/mol. The zero-order chi connectivity index (χ0) is 35.6. The highest BCUT2D eigenvalue weighted by Gasteiger charge is 2.90. The fourth-order valence-corrected chi connectivity index (χ4v) is 12.2. The molecule has 11 atom stereocenters. The molecule has 2 bridgehead atoms. The smallest absolute Gasteiger partial charge is 0.166 e. The van der Waals surface area contributed by atoms with Crippen LogP contribution in [0.2, 0.25) is 0 Å². The average Bonchev–Trinajstić information content (AvgIpc) is 3.57. The van der Waals surface area contributed by atoms with Gasteiger partial charge in [0.05, 0.1) is 23.5 Å². The van der Waals surface area contributed by atoms with E-state index in [4.69, 9.17) is 4.74 Å². The van der Waals surface area contributed by atoms with Gasteiger partial charge in [0.2, 0.25) is 0 Å². The number of benzene rings is 4. The molecular formula is C43H32O9. The van der Waals surface area contributed by atoms with Gasteiger partial charge in [-0.15, -0.1) is 0 Å². The van der Waals surface area contributed by atoms with Crippen LogP contribution in [0.5, 0.6) is 28.7 Å². The van der Waals surface area contributed by atoms with Crippen LogP contribution < -0.4 is 0 Å². The fraction of sp³-hybridized carbons (Fsp3) is 0.256. The van der Waals surface area contributed by atoms with Crippen molar-refractivity contribution in [3.8, 4) is 28.7 Å². The summed E-state index contributed by atoms with van der Waals surface area (Å²) in [5.41, 5.74) is 2.43. The van der Waals surface area contributed by atoms with Gasteiger partial charge in [0.1, 0.15) is 34.5 Å². The lowest BCUT2D eigenvalue weighted by Gasteiger charge is -2.58. The number of hydrogen-bond donors (Lipinski definition) is 6. The van der Waals surface area contributed by atoms with Crippen LogP contribution in [0.4, 0.5) is 0 Å². The maximum Gasteiger partial charge on any atom is 0.166 e. The molecule has 3 saturated carbocycles. The molecule has 4 aromatic carbocycles. The molecule has 0 radical (unpaired) electrons. The summed E-state index contributed by atoms with van der Waals surface area (Å²) in [5, 5.41) is 65.3. The SMILES string of the molecule is O=C1C=C2[C@@H]3C4C(=CC(O)=CC4O[C@H]3c3ccc(O)cc3)C34C(c5ccc(O)cc5)[C@@H]3c3c(O)cc(O)cc3[C@@H]3[C@@H](c5ccc(O)cc5)[C@@H]1C(=O)C234. The normalized spacial score (nSPS) is 36.8. The van der Waals surface area contributed by atoms with Crippen molar-refractivity contribution in [2.75, 3.05) is 0 Å². The molecule has 4 fully saturated rings. The van der Waals surface area contributed by atoms with Gasteiger partial charge < -0.3 is 35.4 Å². The molecule has 0 amide bonds. The van der Waals surface area contributed by atoms with Crippen molar-refractivity contribution in [1.29, 1.82) is 0 Å². The first-order chi connectivity index (χ1) is 25.1. The molecule has 7 aliphatic rings. The Morgan fingerprint density at radius 1 is 0.577 bits per heavy atom. The highest BCUT2D eigenvalue weighted by atomic mass is 16.5. The lowest BCUT2D eigenvalue weighted by atomic mass is 9.42. The number of aliphatic hydroxyl groups excluding tert-OH is 1. The number of fused-ring (bicyclic) bond motifs is 5. The summed E-state index contributed by atoms with van der Waals surface area (Å²) in [6.07, 6.45) is 3.87. The second-order valence-electron chi connectivity index (χ2n) is 15.5. The number of allylic oxidation sites excluding steroid dienone is 2. The summed E-state index contributed by atoms with van der Waals surface area (Å²) in [6.45, 7) is 0. The van der Waals surface area contributed by atoms with Gasteiger partial charge >= 0.3 is 0 Å². The Hall–Kier alpha value is -5.80. The first-order valence-electron chi connectivity index (χ1n) is 17.6. The topological polar surface area (TPSA) is 165 Å². The van der Waals surface area contributed by atoms with Gasteiger partial charge in [-0.2, -0.15) is 0 Å². The van der Waals surface area contributed by atoms with Crippen LogP contribution in [-0.4, -0.2) is 48.3 Å². The maximum absolute atomic E-state index is 15.9. The minimum atomic E-state index is -1.38. The first-order valence-corrected chi connectivity index (χ1v) is 17.6. The Labute approximate surface area is 297 Å². The van der Waals surface area contributed by atoms with Crippen molar-refractivity contribution < 1.29 is 45.0 Å². The van der Waals surface area contributed by atoms with E-state index in [1.54, 1.807) is 72.8 Å². The minimum Gasteiger partial charge on any atom is -0.508 e. The third kappa shape index (κ3) is 3.25. The van der Waals surface area contributed by atoms with Crippen molar-refractivity contribution in [1.82, 2.24) is 0 Å². The van der Waals surface area contributed by atoms with Crippen LogP contribution in [0.3, 0.4) is 0 Å². The third-order valence-corrected chi connectivity index (χ3v) is 13.6. The van der Waals surface area contributed by atoms with E-state index >= 15 is 4.79 Å². The summed E-state index contributed by atoms with van der Waals surface area (Å²) in [7, 11) is 0. The molecule has 0 aromatic heterocycles. The van der Waals surface area contributed by atoms with Crippen LogP contribution in [-0.2, 0) is 14.3 Å². The van der Waals surface area contributed by atoms with E-state index in [0.29, 0.717) is 22.3 Å². The van der Waals surface area contributed by atoms with Crippen molar-refractivity contribution in [2.45, 2.75) is 35.9 Å². The van der Waals surface area contributed by atoms with Gasteiger partial charge in [-0.3, -0.25) is 9.59 Å². The number of ether oxygens (including phenoxy) is 1. The van der Waals surface area contributed by atoms with E-state index in [1.165, 1.54) is 18.2 Å². The van der Waals surface area contributed by atoms with E-state index in [0.717, 1.165) is 16.7 Å². The Balaban J connectivity index is 1.29. The highest BCUT2D eigenvalue weighted by Crippen LogP contribution is 2.94. The summed E-state index contributed by atoms with van der Waals surface area (Å²) in [4.78, 5) is 30.6. The number of carbonyl (C=O) groups excluding carboxylic acids is 2. The van der Waals surface area contributed by atoms with Crippen molar-refractivity contribution >= 4 is 11.6 Å². The molecule has 258 valence electrons. The molecule has 1 heterocycles. The largest absolute Gasteiger partial charge is 0.508 e. The van der Waals surface area contributed by atoms with Gasteiger partial charge in [0.15, 0.2) is 11.6 Å².